The third-order valence-corrected chi connectivity index (χ3v) is 2.43. The van der Waals surface area contributed by atoms with Gasteiger partial charge >= 0.3 is 0 Å². The fourth-order valence-corrected chi connectivity index (χ4v) is 1.36. The van der Waals surface area contributed by atoms with Crippen LogP contribution in [0.25, 0.3) is 0 Å². The second kappa shape index (κ2) is 4.62. The van der Waals surface area contributed by atoms with Gasteiger partial charge in [0.15, 0.2) is 0 Å². The standard InChI is InChI=1S/C10H12F2N2O3/c1-10(13,9(11)12)7-4-3-6(14(15)16)5-8(7)17-2/h3-5,9H,13H2,1-2H3. The van der Waals surface area contributed by atoms with E-state index in [1.807, 2.05) is 0 Å². The topological polar surface area (TPSA) is 78.4 Å². The molecule has 1 aromatic carbocycles. The Morgan fingerprint density at radius 3 is 2.53 bits per heavy atom. The Hall–Kier alpha value is -1.76. The molecule has 7 heteroatoms. The molecule has 0 amide bonds. The Bertz CT molecular complexity index is 436. The molecule has 0 saturated heterocycles. The Balaban J connectivity index is 3.31. The first-order valence-corrected chi connectivity index (χ1v) is 4.70. The van der Waals surface area contributed by atoms with Crippen molar-refractivity contribution in [3.8, 4) is 5.75 Å². The SMILES string of the molecule is COc1cc([N+](=O)[O-])ccc1C(C)(N)C(F)F. The molecular weight excluding hydrogens is 234 g/mol. The van der Waals surface area contributed by atoms with Crippen molar-refractivity contribution in [3.63, 3.8) is 0 Å². The Morgan fingerprint density at radius 1 is 1.53 bits per heavy atom. The molecule has 0 fully saturated rings. The van der Waals surface area contributed by atoms with Crippen molar-refractivity contribution in [2.75, 3.05) is 7.11 Å². The summed E-state index contributed by atoms with van der Waals surface area (Å²) in [4.78, 5) is 9.90. The molecule has 0 spiro atoms. The molecule has 1 rings (SSSR count). The number of rotatable bonds is 4. The quantitative estimate of drug-likeness (QED) is 0.651. The van der Waals surface area contributed by atoms with Crippen LogP contribution in [-0.2, 0) is 5.54 Å². The van der Waals surface area contributed by atoms with Gasteiger partial charge in [-0.05, 0) is 13.0 Å². The third-order valence-electron chi connectivity index (χ3n) is 2.43. The highest BCUT2D eigenvalue weighted by Gasteiger charge is 2.35. The molecule has 0 aliphatic carbocycles. The van der Waals surface area contributed by atoms with Gasteiger partial charge in [-0.2, -0.15) is 0 Å². The lowest BCUT2D eigenvalue weighted by Crippen LogP contribution is -2.40. The number of alkyl halides is 2. The minimum Gasteiger partial charge on any atom is -0.496 e. The van der Waals surface area contributed by atoms with E-state index in [1.165, 1.54) is 13.2 Å². The van der Waals surface area contributed by atoms with E-state index in [-0.39, 0.29) is 17.0 Å². The second-order valence-electron chi connectivity index (χ2n) is 3.73. The van der Waals surface area contributed by atoms with Gasteiger partial charge in [-0.3, -0.25) is 10.1 Å². The van der Waals surface area contributed by atoms with Crippen LogP contribution in [0.3, 0.4) is 0 Å². The first-order chi connectivity index (χ1) is 7.80. The molecule has 0 saturated carbocycles. The third kappa shape index (κ3) is 2.50. The summed E-state index contributed by atoms with van der Waals surface area (Å²) < 4.78 is 30.4. The largest absolute Gasteiger partial charge is 0.496 e. The number of hydrogen-bond acceptors (Lipinski definition) is 4. The number of nitrogens with two attached hydrogens (primary N) is 1. The second-order valence-corrected chi connectivity index (χ2v) is 3.73. The number of ether oxygens (including phenoxy) is 1. The van der Waals surface area contributed by atoms with Crippen LogP contribution in [0, 0.1) is 10.1 Å². The molecule has 17 heavy (non-hydrogen) atoms. The maximum atomic E-state index is 12.8. The van der Waals surface area contributed by atoms with Gasteiger partial charge in [-0.15, -0.1) is 0 Å². The summed E-state index contributed by atoms with van der Waals surface area (Å²) in [6.07, 6.45) is -2.81. The first kappa shape index (κ1) is 13.3. The number of methoxy groups -OCH3 is 1. The van der Waals surface area contributed by atoms with E-state index in [1.54, 1.807) is 0 Å². The predicted octanol–water partition coefficient (Wildman–Crippen LogP) is 2.04. The van der Waals surface area contributed by atoms with Gasteiger partial charge < -0.3 is 10.5 Å². The minimum absolute atomic E-state index is 0.0236. The Kier molecular flexibility index (Phi) is 3.62. The van der Waals surface area contributed by atoms with Crippen LogP contribution in [0.5, 0.6) is 5.75 Å². The number of non-ortho nitro benzene ring substituents is 1. The summed E-state index contributed by atoms with van der Waals surface area (Å²) in [5, 5.41) is 10.5. The van der Waals surface area contributed by atoms with Crippen LogP contribution in [-0.4, -0.2) is 18.5 Å². The number of nitro groups is 1. The monoisotopic (exact) mass is 246 g/mol. The van der Waals surface area contributed by atoms with Crippen LogP contribution in [0.1, 0.15) is 12.5 Å². The summed E-state index contributed by atoms with van der Waals surface area (Å²) in [5.41, 5.74) is 3.36. The van der Waals surface area contributed by atoms with E-state index in [9.17, 15) is 18.9 Å². The average Bonchev–Trinajstić information content (AvgIpc) is 2.27. The van der Waals surface area contributed by atoms with Crippen LogP contribution < -0.4 is 10.5 Å². The minimum atomic E-state index is -2.81. The van der Waals surface area contributed by atoms with Crippen molar-refractivity contribution < 1.29 is 18.4 Å². The average molecular weight is 246 g/mol. The van der Waals surface area contributed by atoms with Gasteiger partial charge in [-0.1, -0.05) is 0 Å². The highest BCUT2D eigenvalue weighted by atomic mass is 19.3. The summed E-state index contributed by atoms with van der Waals surface area (Å²) in [6.45, 7) is 1.14. The fourth-order valence-electron chi connectivity index (χ4n) is 1.36. The Labute approximate surface area is 96.3 Å². The van der Waals surface area contributed by atoms with E-state index in [0.717, 1.165) is 19.1 Å². The normalized spacial score (nSPS) is 14.5. The molecule has 0 radical (unpaired) electrons. The number of nitro benzene ring substituents is 1. The molecule has 0 heterocycles. The van der Waals surface area contributed by atoms with E-state index in [0.29, 0.717) is 0 Å². The van der Waals surface area contributed by atoms with Gasteiger partial charge in [0.1, 0.15) is 11.3 Å². The van der Waals surface area contributed by atoms with Crippen molar-refractivity contribution >= 4 is 5.69 Å². The predicted molar refractivity (Wildman–Crippen MR) is 57.2 cm³/mol. The molecule has 1 aromatic rings. The maximum absolute atomic E-state index is 12.8. The van der Waals surface area contributed by atoms with Crippen molar-refractivity contribution in [2.24, 2.45) is 5.73 Å². The number of halogens is 2. The van der Waals surface area contributed by atoms with Crippen molar-refractivity contribution in [1.29, 1.82) is 0 Å². The molecule has 0 aliphatic heterocycles. The summed E-state index contributed by atoms with van der Waals surface area (Å²) in [5.74, 6) is -0.0236. The molecule has 2 N–H and O–H groups in total. The smallest absolute Gasteiger partial charge is 0.273 e. The van der Waals surface area contributed by atoms with Gasteiger partial charge in [0, 0.05) is 11.6 Å². The molecule has 1 atom stereocenters. The lowest BCUT2D eigenvalue weighted by atomic mass is 9.92. The van der Waals surface area contributed by atoms with Gasteiger partial charge in [-0.25, -0.2) is 8.78 Å². The van der Waals surface area contributed by atoms with E-state index in [2.05, 4.69) is 0 Å². The van der Waals surface area contributed by atoms with E-state index >= 15 is 0 Å². The van der Waals surface area contributed by atoms with E-state index < -0.39 is 16.9 Å². The van der Waals surface area contributed by atoms with Crippen LogP contribution in [0.4, 0.5) is 14.5 Å². The van der Waals surface area contributed by atoms with Crippen molar-refractivity contribution in [3.05, 3.63) is 33.9 Å². The molecule has 5 nitrogen and oxygen atoms in total. The van der Waals surface area contributed by atoms with Crippen LogP contribution in [0.15, 0.2) is 18.2 Å². The van der Waals surface area contributed by atoms with Crippen LogP contribution >= 0.6 is 0 Å². The van der Waals surface area contributed by atoms with Gasteiger partial charge in [0.05, 0.1) is 18.1 Å². The van der Waals surface area contributed by atoms with Crippen molar-refractivity contribution in [1.82, 2.24) is 0 Å². The highest BCUT2D eigenvalue weighted by Crippen LogP contribution is 2.34. The summed E-state index contributed by atoms with van der Waals surface area (Å²) in [7, 11) is 1.24. The van der Waals surface area contributed by atoms with E-state index in [4.69, 9.17) is 10.5 Å². The lowest BCUT2D eigenvalue weighted by Gasteiger charge is -2.25. The van der Waals surface area contributed by atoms with Gasteiger partial charge in [0.25, 0.3) is 12.1 Å². The molecule has 0 aliphatic rings. The zero-order valence-electron chi connectivity index (χ0n) is 9.31. The summed E-state index contributed by atoms with van der Waals surface area (Å²) in [6, 6.07) is 3.37. The summed E-state index contributed by atoms with van der Waals surface area (Å²) >= 11 is 0. The molecule has 0 aromatic heterocycles. The zero-order valence-corrected chi connectivity index (χ0v) is 9.31. The van der Waals surface area contributed by atoms with Gasteiger partial charge in [0.2, 0.25) is 0 Å². The fraction of sp³-hybridized carbons (Fsp3) is 0.400. The zero-order chi connectivity index (χ0) is 13.2. The lowest BCUT2D eigenvalue weighted by molar-refractivity contribution is -0.385. The molecule has 1 unspecified atom stereocenters. The number of hydrogen-bond donors (Lipinski definition) is 1. The first-order valence-electron chi connectivity index (χ1n) is 4.70. The van der Waals surface area contributed by atoms with Crippen LogP contribution in [0.2, 0.25) is 0 Å². The number of nitrogens with zero attached hydrogens (tertiary/aromatic N) is 1. The molecule has 0 bridgehead atoms. The maximum Gasteiger partial charge on any atom is 0.273 e. The number of benzene rings is 1. The highest BCUT2D eigenvalue weighted by molar-refractivity contribution is 5.47. The molecule has 94 valence electrons. The molecular formula is C10H12F2N2O3. The van der Waals surface area contributed by atoms with Crippen molar-refractivity contribution in [2.45, 2.75) is 18.9 Å². The Morgan fingerprint density at radius 2 is 2.12 bits per heavy atom.